The minimum absolute atomic E-state index is 0.0492. The van der Waals surface area contributed by atoms with Crippen molar-refractivity contribution in [2.45, 2.75) is 12.5 Å². The molecule has 5 heteroatoms. The summed E-state index contributed by atoms with van der Waals surface area (Å²) < 4.78 is 10.6. The Morgan fingerprint density at radius 2 is 2.17 bits per heavy atom. The zero-order valence-corrected chi connectivity index (χ0v) is 10.2. The van der Waals surface area contributed by atoms with Crippen LogP contribution < -0.4 is 4.74 Å². The van der Waals surface area contributed by atoms with Crippen LogP contribution in [0.25, 0.3) is 6.08 Å². The molecule has 0 aromatic heterocycles. The third-order valence-corrected chi connectivity index (χ3v) is 2.79. The molecule has 1 heterocycles. The summed E-state index contributed by atoms with van der Waals surface area (Å²) in [7, 11) is 0. The predicted molar refractivity (Wildman–Crippen MR) is 65.5 cm³/mol. The maximum Gasteiger partial charge on any atom is 0.189 e. The molecule has 0 spiro atoms. The van der Waals surface area contributed by atoms with E-state index >= 15 is 0 Å². The second-order valence-electron chi connectivity index (χ2n) is 3.69. The van der Waals surface area contributed by atoms with Gasteiger partial charge in [-0.05, 0) is 23.8 Å². The van der Waals surface area contributed by atoms with Crippen LogP contribution in [0, 0.1) is 22.7 Å². The lowest BCUT2D eigenvalue weighted by molar-refractivity contribution is -0.0169. The van der Waals surface area contributed by atoms with Gasteiger partial charge < -0.3 is 9.47 Å². The van der Waals surface area contributed by atoms with Crippen LogP contribution >= 0.6 is 11.6 Å². The molecule has 0 amide bonds. The third-order valence-electron chi connectivity index (χ3n) is 2.51. The molecule has 0 bridgehead atoms. The Bertz CT molecular complexity index is 549. The molecule has 0 unspecified atom stereocenters. The van der Waals surface area contributed by atoms with Crippen molar-refractivity contribution in [3.05, 3.63) is 34.4 Å². The number of rotatable bonds is 2. The van der Waals surface area contributed by atoms with E-state index in [-0.39, 0.29) is 12.4 Å². The molecule has 2 rings (SSSR count). The quantitative estimate of drug-likeness (QED) is 0.606. The molecule has 0 radical (unpaired) electrons. The normalized spacial score (nSPS) is 12.6. The van der Waals surface area contributed by atoms with Gasteiger partial charge in [0.1, 0.15) is 23.5 Å². The summed E-state index contributed by atoms with van der Waals surface area (Å²) in [5, 5.41) is 17.5. The minimum atomic E-state index is 0.0492. The molecular formula is C13H9ClN2O2. The van der Waals surface area contributed by atoms with Crippen molar-refractivity contribution in [3.63, 3.8) is 0 Å². The highest BCUT2D eigenvalue weighted by Gasteiger charge is 2.15. The van der Waals surface area contributed by atoms with Crippen molar-refractivity contribution in [2.24, 2.45) is 0 Å². The van der Waals surface area contributed by atoms with Crippen LogP contribution in [0.5, 0.6) is 5.75 Å². The Balaban J connectivity index is 2.49. The largest absolute Gasteiger partial charge is 0.467 e. The molecule has 1 aromatic carbocycles. The van der Waals surface area contributed by atoms with E-state index in [2.05, 4.69) is 0 Å². The summed E-state index contributed by atoms with van der Waals surface area (Å²) in [5.41, 5.74) is 2.50. The summed E-state index contributed by atoms with van der Waals surface area (Å²) >= 11 is 5.87. The number of ether oxygens (including phenoxy) is 2. The predicted octanol–water partition coefficient (Wildman–Crippen LogP) is 2.72. The molecule has 4 nitrogen and oxygen atoms in total. The number of allylic oxidation sites excluding steroid dienone is 1. The summed E-state index contributed by atoms with van der Waals surface area (Å²) in [6, 6.07) is 7.29. The zero-order chi connectivity index (χ0) is 13.0. The number of hydrogen-bond acceptors (Lipinski definition) is 4. The third kappa shape index (κ3) is 2.46. The highest BCUT2D eigenvalue weighted by Crippen LogP contribution is 2.31. The van der Waals surface area contributed by atoms with E-state index in [4.69, 9.17) is 31.6 Å². The first kappa shape index (κ1) is 12.4. The molecule has 0 saturated carbocycles. The fourth-order valence-corrected chi connectivity index (χ4v) is 1.96. The summed E-state index contributed by atoms with van der Waals surface area (Å²) in [4.78, 5) is 0. The van der Waals surface area contributed by atoms with Crippen molar-refractivity contribution in [1.29, 1.82) is 10.5 Å². The second kappa shape index (κ2) is 5.55. The standard InChI is InChI=1S/C13H9ClN2O2/c14-4-11-2-9(1-10(5-15)6-16)3-12-7-17-8-18-13(11)12/h1-3H,4,7-8H2. The van der Waals surface area contributed by atoms with E-state index in [9.17, 15) is 0 Å². The Hall–Kier alpha value is -2.01. The molecule has 1 aliphatic heterocycles. The number of fused-ring (bicyclic) bond motifs is 1. The van der Waals surface area contributed by atoms with Crippen LogP contribution in [0.4, 0.5) is 0 Å². The van der Waals surface area contributed by atoms with Gasteiger partial charge in [-0.15, -0.1) is 11.6 Å². The van der Waals surface area contributed by atoms with Crippen LogP contribution in [0.2, 0.25) is 0 Å². The van der Waals surface area contributed by atoms with Crippen molar-refractivity contribution in [2.75, 3.05) is 6.79 Å². The van der Waals surface area contributed by atoms with Crippen LogP contribution in [0.15, 0.2) is 17.7 Å². The average Bonchev–Trinajstić information content (AvgIpc) is 2.43. The van der Waals surface area contributed by atoms with Gasteiger partial charge in [0.15, 0.2) is 6.79 Å². The number of benzene rings is 1. The van der Waals surface area contributed by atoms with Gasteiger partial charge in [-0.3, -0.25) is 0 Å². The van der Waals surface area contributed by atoms with Gasteiger partial charge in [-0.1, -0.05) is 0 Å². The fraction of sp³-hybridized carbons (Fsp3) is 0.231. The Morgan fingerprint density at radius 1 is 1.39 bits per heavy atom. The Kier molecular flexibility index (Phi) is 3.84. The summed E-state index contributed by atoms with van der Waals surface area (Å²) in [5.74, 6) is 1.04. The van der Waals surface area contributed by atoms with Gasteiger partial charge in [0.25, 0.3) is 0 Å². The molecule has 0 fully saturated rings. The molecule has 0 N–H and O–H groups in total. The van der Waals surface area contributed by atoms with Crippen molar-refractivity contribution in [1.82, 2.24) is 0 Å². The lowest BCUT2D eigenvalue weighted by Gasteiger charge is -2.20. The van der Waals surface area contributed by atoms with Gasteiger partial charge in [-0.2, -0.15) is 10.5 Å². The molecule has 0 atom stereocenters. The molecule has 0 aliphatic carbocycles. The maximum absolute atomic E-state index is 8.74. The molecule has 1 aliphatic rings. The van der Waals surface area contributed by atoms with Crippen molar-refractivity contribution >= 4 is 17.7 Å². The van der Waals surface area contributed by atoms with E-state index in [0.29, 0.717) is 12.5 Å². The van der Waals surface area contributed by atoms with Gasteiger partial charge >= 0.3 is 0 Å². The molecule has 18 heavy (non-hydrogen) atoms. The summed E-state index contributed by atoms with van der Waals surface area (Å²) in [6.07, 6.45) is 1.52. The number of alkyl halides is 1. The average molecular weight is 261 g/mol. The van der Waals surface area contributed by atoms with E-state index < -0.39 is 0 Å². The van der Waals surface area contributed by atoms with Crippen LogP contribution in [0.3, 0.4) is 0 Å². The van der Waals surface area contributed by atoms with Crippen LogP contribution in [-0.2, 0) is 17.2 Å². The number of nitrogens with zero attached hydrogens (tertiary/aromatic N) is 2. The SMILES string of the molecule is N#CC(C#N)=Cc1cc(CCl)c2c(c1)COCO2. The van der Waals surface area contributed by atoms with Crippen LogP contribution in [-0.4, -0.2) is 6.79 Å². The first-order valence-electron chi connectivity index (χ1n) is 5.22. The zero-order valence-electron chi connectivity index (χ0n) is 9.44. The Labute approximate surface area is 110 Å². The molecule has 1 aromatic rings. The topological polar surface area (TPSA) is 66.0 Å². The van der Waals surface area contributed by atoms with E-state index in [1.165, 1.54) is 6.08 Å². The van der Waals surface area contributed by atoms with Gasteiger partial charge in [-0.25, -0.2) is 0 Å². The lowest BCUT2D eigenvalue weighted by Crippen LogP contribution is -2.13. The monoisotopic (exact) mass is 260 g/mol. The molecular weight excluding hydrogens is 252 g/mol. The summed E-state index contributed by atoms with van der Waals surface area (Å²) in [6.45, 7) is 0.656. The van der Waals surface area contributed by atoms with Crippen molar-refractivity contribution < 1.29 is 9.47 Å². The fourth-order valence-electron chi connectivity index (χ4n) is 1.76. The first-order valence-corrected chi connectivity index (χ1v) is 5.76. The van der Waals surface area contributed by atoms with E-state index in [1.54, 1.807) is 0 Å². The molecule has 0 saturated heterocycles. The van der Waals surface area contributed by atoms with E-state index in [1.807, 2.05) is 24.3 Å². The van der Waals surface area contributed by atoms with Gasteiger partial charge in [0.2, 0.25) is 0 Å². The van der Waals surface area contributed by atoms with Gasteiger partial charge in [0.05, 0.1) is 12.5 Å². The highest BCUT2D eigenvalue weighted by atomic mass is 35.5. The van der Waals surface area contributed by atoms with Crippen LogP contribution in [0.1, 0.15) is 16.7 Å². The maximum atomic E-state index is 8.74. The van der Waals surface area contributed by atoms with E-state index in [0.717, 1.165) is 22.4 Å². The minimum Gasteiger partial charge on any atom is -0.467 e. The number of hydrogen-bond donors (Lipinski definition) is 0. The number of nitriles is 2. The first-order chi connectivity index (χ1) is 8.78. The Morgan fingerprint density at radius 3 is 2.83 bits per heavy atom. The second-order valence-corrected chi connectivity index (χ2v) is 3.96. The smallest absolute Gasteiger partial charge is 0.189 e. The number of halogens is 1. The van der Waals surface area contributed by atoms with Gasteiger partial charge in [0, 0.05) is 11.1 Å². The highest BCUT2D eigenvalue weighted by molar-refractivity contribution is 6.17. The van der Waals surface area contributed by atoms with Crippen molar-refractivity contribution in [3.8, 4) is 17.9 Å². The molecule has 90 valence electrons. The lowest BCUT2D eigenvalue weighted by atomic mass is 10.0.